The van der Waals surface area contributed by atoms with Gasteiger partial charge in [0.05, 0.1) is 13.0 Å². The summed E-state index contributed by atoms with van der Waals surface area (Å²) in [7, 11) is 1.35. The SMILES string of the molecule is COC(=O)[C@@H](C)c1cccc(NC(=O)[C@H]2CCCCC(=O)N2)c1. The van der Waals surface area contributed by atoms with Crippen LogP contribution < -0.4 is 10.6 Å². The lowest BCUT2D eigenvalue weighted by molar-refractivity contribution is -0.142. The fourth-order valence-electron chi connectivity index (χ4n) is 2.60. The van der Waals surface area contributed by atoms with Crippen molar-refractivity contribution >= 4 is 23.5 Å². The van der Waals surface area contributed by atoms with Crippen molar-refractivity contribution in [3.05, 3.63) is 29.8 Å². The molecule has 0 saturated carbocycles. The molecule has 6 heteroatoms. The third-order valence-electron chi connectivity index (χ3n) is 4.01. The number of anilines is 1. The molecule has 1 fully saturated rings. The minimum absolute atomic E-state index is 0.0873. The van der Waals surface area contributed by atoms with Gasteiger partial charge in [0.15, 0.2) is 0 Å². The molecule has 1 heterocycles. The van der Waals surface area contributed by atoms with Gasteiger partial charge in [0.2, 0.25) is 11.8 Å². The number of hydrogen-bond donors (Lipinski definition) is 2. The highest BCUT2D eigenvalue weighted by atomic mass is 16.5. The third-order valence-corrected chi connectivity index (χ3v) is 4.01. The summed E-state index contributed by atoms with van der Waals surface area (Å²) in [6.07, 6.45) is 2.75. The minimum Gasteiger partial charge on any atom is -0.469 e. The van der Waals surface area contributed by atoms with Gasteiger partial charge >= 0.3 is 5.97 Å². The number of nitrogens with one attached hydrogen (secondary N) is 2. The van der Waals surface area contributed by atoms with Gasteiger partial charge in [0, 0.05) is 12.1 Å². The molecule has 1 aromatic carbocycles. The molecule has 2 N–H and O–H groups in total. The summed E-state index contributed by atoms with van der Waals surface area (Å²) >= 11 is 0. The first-order valence-corrected chi connectivity index (χ1v) is 7.79. The number of amides is 2. The van der Waals surface area contributed by atoms with E-state index in [1.54, 1.807) is 25.1 Å². The van der Waals surface area contributed by atoms with Crippen LogP contribution in [0.5, 0.6) is 0 Å². The number of esters is 1. The van der Waals surface area contributed by atoms with Crippen LogP contribution in [0.15, 0.2) is 24.3 Å². The lowest BCUT2D eigenvalue weighted by atomic mass is 10.0. The molecular formula is C17H22N2O4. The summed E-state index contributed by atoms with van der Waals surface area (Å²) in [5.41, 5.74) is 1.36. The van der Waals surface area contributed by atoms with E-state index in [4.69, 9.17) is 4.74 Å². The summed E-state index contributed by atoms with van der Waals surface area (Å²) in [5.74, 6) is -1.06. The lowest BCUT2D eigenvalue weighted by Gasteiger charge is -2.16. The van der Waals surface area contributed by atoms with Gasteiger partial charge in [0.25, 0.3) is 0 Å². The number of methoxy groups -OCH3 is 1. The van der Waals surface area contributed by atoms with E-state index >= 15 is 0 Å². The molecule has 6 nitrogen and oxygen atoms in total. The number of carbonyl (C=O) groups excluding carboxylic acids is 3. The highest BCUT2D eigenvalue weighted by Crippen LogP contribution is 2.21. The number of hydrogen-bond acceptors (Lipinski definition) is 4. The van der Waals surface area contributed by atoms with E-state index in [0.717, 1.165) is 18.4 Å². The van der Waals surface area contributed by atoms with Crippen LogP contribution in [0.2, 0.25) is 0 Å². The van der Waals surface area contributed by atoms with Crippen molar-refractivity contribution in [3.8, 4) is 0 Å². The molecule has 1 aromatic rings. The van der Waals surface area contributed by atoms with Crippen molar-refractivity contribution in [2.45, 2.75) is 44.6 Å². The van der Waals surface area contributed by atoms with E-state index in [1.165, 1.54) is 7.11 Å². The number of carbonyl (C=O) groups is 3. The number of benzene rings is 1. The van der Waals surface area contributed by atoms with Gasteiger partial charge < -0.3 is 15.4 Å². The maximum absolute atomic E-state index is 12.3. The number of ether oxygens (including phenoxy) is 1. The van der Waals surface area contributed by atoms with E-state index in [-0.39, 0.29) is 17.8 Å². The highest BCUT2D eigenvalue weighted by molar-refractivity contribution is 5.97. The Hall–Kier alpha value is -2.37. The maximum Gasteiger partial charge on any atom is 0.312 e. The molecule has 0 spiro atoms. The Labute approximate surface area is 135 Å². The zero-order valence-corrected chi connectivity index (χ0v) is 13.4. The van der Waals surface area contributed by atoms with Crippen molar-refractivity contribution in [1.82, 2.24) is 5.32 Å². The molecule has 2 atom stereocenters. The highest BCUT2D eigenvalue weighted by Gasteiger charge is 2.23. The zero-order valence-electron chi connectivity index (χ0n) is 13.4. The molecule has 0 aliphatic carbocycles. The van der Waals surface area contributed by atoms with Crippen LogP contribution in [0.3, 0.4) is 0 Å². The quantitative estimate of drug-likeness (QED) is 0.831. The van der Waals surface area contributed by atoms with Crippen LogP contribution in [0, 0.1) is 0 Å². The van der Waals surface area contributed by atoms with Crippen LogP contribution in [0.4, 0.5) is 5.69 Å². The first-order valence-electron chi connectivity index (χ1n) is 7.79. The largest absolute Gasteiger partial charge is 0.469 e. The van der Waals surface area contributed by atoms with Crippen molar-refractivity contribution in [2.75, 3.05) is 12.4 Å². The predicted molar refractivity (Wildman–Crippen MR) is 85.9 cm³/mol. The van der Waals surface area contributed by atoms with E-state index < -0.39 is 12.0 Å². The second-order valence-corrected chi connectivity index (χ2v) is 5.73. The zero-order chi connectivity index (χ0) is 16.8. The monoisotopic (exact) mass is 318 g/mol. The Morgan fingerprint density at radius 1 is 1.35 bits per heavy atom. The molecule has 2 rings (SSSR count). The molecule has 23 heavy (non-hydrogen) atoms. The van der Waals surface area contributed by atoms with Crippen molar-refractivity contribution < 1.29 is 19.1 Å². The Bertz CT molecular complexity index is 600. The van der Waals surface area contributed by atoms with Gasteiger partial charge in [-0.2, -0.15) is 0 Å². The van der Waals surface area contributed by atoms with Gasteiger partial charge in [-0.15, -0.1) is 0 Å². The minimum atomic E-state index is -0.508. The lowest BCUT2D eigenvalue weighted by Crippen LogP contribution is -2.42. The van der Waals surface area contributed by atoms with Crippen LogP contribution in [0.1, 0.15) is 44.1 Å². The Morgan fingerprint density at radius 2 is 2.13 bits per heavy atom. The third kappa shape index (κ3) is 4.55. The van der Waals surface area contributed by atoms with Crippen LogP contribution in [-0.4, -0.2) is 30.9 Å². The van der Waals surface area contributed by atoms with Crippen LogP contribution in [0.25, 0.3) is 0 Å². The van der Waals surface area contributed by atoms with Crippen molar-refractivity contribution in [1.29, 1.82) is 0 Å². The maximum atomic E-state index is 12.3. The van der Waals surface area contributed by atoms with Gasteiger partial charge in [-0.1, -0.05) is 18.6 Å². The normalized spacial score (nSPS) is 19.2. The molecular weight excluding hydrogens is 296 g/mol. The van der Waals surface area contributed by atoms with E-state index in [0.29, 0.717) is 18.5 Å². The summed E-state index contributed by atoms with van der Waals surface area (Å²) in [6, 6.07) is 6.58. The van der Waals surface area contributed by atoms with Gasteiger partial charge in [0.1, 0.15) is 6.04 Å². The average Bonchev–Trinajstić information content (AvgIpc) is 2.78. The Kier molecular flexibility index (Phi) is 5.73. The fraction of sp³-hybridized carbons (Fsp3) is 0.471. The standard InChI is InChI=1S/C17H22N2O4/c1-11(17(22)23-2)12-6-5-7-13(10-12)18-16(21)14-8-3-4-9-15(20)19-14/h5-7,10-11,14H,3-4,8-9H2,1-2H3,(H,18,21)(H,19,20)/t11-,14+/m0/s1. The first-order chi connectivity index (χ1) is 11.0. The van der Waals surface area contributed by atoms with Gasteiger partial charge in [-0.05, 0) is 37.5 Å². The Balaban J connectivity index is 2.06. The summed E-state index contributed by atoms with van der Waals surface area (Å²) in [6.45, 7) is 1.75. The van der Waals surface area contributed by atoms with Gasteiger partial charge in [-0.25, -0.2) is 0 Å². The van der Waals surface area contributed by atoms with Gasteiger partial charge in [-0.3, -0.25) is 14.4 Å². The van der Waals surface area contributed by atoms with E-state index in [1.807, 2.05) is 6.07 Å². The van der Waals surface area contributed by atoms with E-state index in [2.05, 4.69) is 10.6 Å². The van der Waals surface area contributed by atoms with Crippen molar-refractivity contribution in [2.24, 2.45) is 0 Å². The molecule has 1 aliphatic heterocycles. The fourth-order valence-corrected chi connectivity index (χ4v) is 2.60. The second-order valence-electron chi connectivity index (χ2n) is 5.73. The first kappa shape index (κ1) is 17.0. The van der Waals surface area contributed by atoms with Crippen LogP contribution in [-0.2, 0) is 19.1 Å². The van der Waals surface area contributed by atoms with Crippen LogP contribution >= 0.6 is 0 Å². The number of rotatable bonds is 4. The molecule has 0 radical (unpaired) electrons. The molecule has 2 amide bonds. The topological polar surface area (TPSA) is 84.5 Å². The molecule has 124 valence electrons. The summed E-state index contributed by atoms with van der Waals surface area (Å²) in [5, 5.41) is 5.54. The Morgan fingerprint density at radius 3 is 2.87 bits per heavy atom. The molecule has 0 aromatic heterocycles. The summed E-state index contributed by atoms with van der Waals surface area (Å²) < 4.78 is 4.73. The average molecular weight is 318 g/mol. The predicted octanol–water partition coefficient (Wildman–Crippen LogP) is 1.96. The molecule has 0 bridgehead atoms. The summed E-state index contributed by atoms with van der Waals surface area (Å²) in [4.78, 5) is 35.5. The smallest absolute Gasteiger partial charge is 0.312 e. The molecule has 1 aliphatic rings. The van der Waals surface area contributed by atoms with E-state index in [9.17, 15) is 14.4 Å². The molecule has 1 saturated heterocycles. The second kappa shape index (κ2) is 7.76. The van der Waals surface area contributed by atoms with Crippen molar-refractivity contribution in [3.63, 3.8) is 0 Å². The molecule has 0 unspecified atom stereocenters.